The summed E-state index contributed by atoms with van der Waals surface area (Å²) >= 11 is 6.48. The number of imide groups is 1. The molecule has 11 heteroatoms. The Bertz CT molecular complexity index is 2010. The van der Waals surface area contributed by atoms with Crippen LogP contribution in [0.25, 0.3) is 22.2 Å². The van der Waals surface area contributed by atoms with Crippen LogP contribution in [0.3, 0.4) is 0 Å². The normalized spacial score (nSPS) is 25.4. The molecular weight excluding hydrogens is 610 g/mol. The Hall–Kier alpha value is -5.22. The van der Waals surface area contributed by atoms with Crippen LogP contribution in [0.5, 0.6) is 0 Å². The van der Waals surface area contributed by atoms with Crippen molar-refractivity contribution in [3.05, 3.63) is 111 Å². The summed E-state index contributed by atoms with van der Waals surface area (Å²) in [5, 5.41) is 11.6. The first-order chi connectivity index (χ1) is 22.2. The molecule has 2 bridgehead atoms. The Kier molecular flexibility index (Phi) is 6.40. The van der Waals surface area contributed by atoms with Gasteiger partial charge in [0.15, 0.2) is 12.4 Å². The van der Waals surface area contributed by atoms with Crippen molar-refractivity contribution < 1.29 is 28.8 Å². The molecule has 6 unspecified atom stereocenters. The molecular formula is C35H24ClN3O7. The van der Waals surface area contributed by atoms with Crippen molar-refractivity contribution in [1.29, 1.82) is 0 Å². The fraction of sp³-hybridized carbons (Fsp3) is 0.229. The van der Waals surface area contributed by atoms with E-state index in [1.807, 2.05) is 0 Å². The zero-order valence-corrected chi connectivity index (χ0v) is 24.8. The number of Topliss-reactive ketones (excluding diaryl/α,β-unsaturated/α-hetero) is 1. The largest absolute Gasteiger partial charge is 0.454 e. The Morgan fingerprint density at radius 3 is 2.22 bits per heavy atom. The summed E-state index contributed by atoms with van der Waals surface area (Å²) in [6.45, 7) is -0.580. The van der Waals surface area contributed by atoms with Gasteiger partial charge in [-0.1, -0.05) is 48.0 Å². The molecule has 3 aromatic carbocycles. The number of para-hydroxylation sites is 1. The highest BCUT2D eigenvalue weighted by Crippen LogP contribution is 2.65. The quantitative estimate of drug-likeness (QED) is 0.0598. The number of carbonyl (C=O) groups excluding carboxylic acids is 4. The molecule has 2 heterocycles. The van der Waals surface area contributed by atoms with Gasteiger partial charge in [-0.05, 0) is 66.5 Å². The lowest BCUT2D eigenvalue weighted by Gasteiger charge is -2.37. The van der Waals surface area contributed by atoms with Crippen LogP contribution in [-0.4, -0.2) is 40.1 Å². The predicted molar refractivity (Wildman–Crippen MR) is 167 cm³/mol. The topological polar surface area (TPSA) is 137 Å². The van der Waals surface area contributed by atoms with Crippen LogP contribution in [0, 0.1) is 45.6 Å². The number of benzene rings is 3. The maximum absolute atomic E-state index is 13.5. The van der Waals surface area contributed by atoms with Crippen molar-refractivity contribution in [3.63, 3.8) is 0 Å². The minimum Gasteiger partial charge on any atom is -0.454 e. The van der Waals surface area contributed by atoms with Crippen LogP contribution in [0.2, 0.25) is 5.02 Å². The molecule has 0 spiro atoms. The van der Waals surface area contributed by atoms with Crippen molar-refractivity contribution in [2.45, 2.75) is 6.42 Å². The van der Waals surface area contributed by atoms with E-state index in [0.29, 0.717) is 44.7 Å². The number of allylic oxidation sites excluding steroid dienone is 2. The molecule has 4 aliphatic carbocycles. The number of esters is 1. The van der Waals surface area contributed by atoms with Crippen molar-refractivity contribution in [3.8, 4) is 11.3 Å². The maximum atomic E-state index is 13.5. The van der Waals surface area contributed by atoms with Crippen LogP contribution < -0.4 is 4.90 Å². The second-order valence-corrected chi connectivity index (χ2v) is 12.6. The summed E-state index contributed by atoms with van der Waals surface area (Å²) < 4.78 is 5.37. The monoisotopic (exact) mass is 633 g/mol. The number of hydrogen-bond acceptors (Lipinski definition) is 8. The Balaban J connectivity index is 1.06. The van der Waals surface area contributed by atoms with Gasteiger partial charge in [-0.25, -0.2) is 9.78 Å². The molecule has 46 heavy (non-hydrogen) atoms. The lowest BCUT2D eigenvalue weighted by Crippen LogP contribution is -2.40. The van der Waals surface area contributed by atoms with E-state index in [9.17, 15) is 29.3 Å². The van der Waals surface area contributed by atoms with E-state index in [1.165, 1.54) is 29.2 Å². The van der Waals surface area contributed by atoms with Gasteiger partial charge in [-0.3, -0.25) is 29.4 Å². The molecule has 9 rings (SSSR count). The number of anilines is 1. The fourth-order valence-electron chi connectivity index (χ4n) is 7.58. The molecule has 5 aliphatic rings. The average molecular weight is 634 g/mol. The smallest absolute Gasteiger partial charge is 0.339 e. The van der Waals surface area contributed by atoms with Gasteiger partial charge in [0.2, 0.25) is 11.8 Å². The first kappa shape index (κ1) is 28.3. The molecule has 2 saturated carbocycles. The number of fused-ring (bicyclic) bond motifs is 1. The molecule has 1 saturated heterocycles. The Labute approximate surface area is 266 Å². The molecule has 1 aromatic heterocycles. The number of aromatic nitrogens is 1. The van der Waals surface area contributed by atoms with Gasteiger partial charge in [-0.15, -0.1) is 0 Å². The number of non-ortho nitro benzene ring substituents is 1. The summed E-state index contributed by atoms with van der Waals surface area (Å²) in [7, 11) is 0. The number of halogens is 1. The molecule has 228 valence electrons. The number of nitro groups is 1. The van der Waals surface area contributed by atoms with Gasteiger partial charge in [0.25, 0.3) is 5.69 Å². The number of carbonyl (C=O) groups is 4. The summed E-state index contributed by atoms with van der Waals surface area (Å²) in [5.74, 6) is -0.878. The highest BCUT2D eigenvalue weighted by atomic mass is 35.5. The van der Waals surface area contributed by atoms with E-state index in [4.69, 9.17) is 21.3 Å². The van der Waals surface area contributed by atoms with Crippen molar-refractivity contribution in [1.82, 2.24) is 4.98 Å². The molecule has 3 fully saturated rings. The summed E-state index contributed by atoms with van der Waals surface area (Å²) in [6, 6.07) is 18.4. The number of hydrogen-bond donors (Lipinski definition) is 0. The lowest BCUT2D eigenvalue weighted by molar-refractivity contribution is -0.384. The molecule has 6 atom stereocenters. The van der Waals surface area contributed by atoms with Crippen LogP contribution in [-0.2, 0) is 14.3 Å². The standard InChI is InChI=1S/C35H24ClN3O7/c36-27-3-1-2-23-26(35(43)46-16-29(40)18-6-10-20(11-7-18)39(44)45)15-28(37-32(23)27)17-4-8-19(9-5-17)38-33(41)30-21-12-13-22(25-14-24(21)25)31(30)34(38)42/h1-13,15,21-22,24-25,30-31H,14,16H2. The summed E-state index contributed by atoms with van der Waals surface area (Å²) in [4.78, 5) is 69.4. The molecule has 0 radical (unpaired) electrons. The molecule has 10 nitrogen and oxygen atoms in total. The third-order valence-electron chi connectivity index (χ3n) is 9.83. The van der Waals surface area contributed by atoms with Gasteiger partial charge in [-0.2, -0.15) is 0 Å². The number of nitrogens with zero attached hydrogens (tertiary/aromatic N) is 3. The van der Waals surface area contributed by atoms with E-state index in [2.05, 4.69) is 12.2 Å². The number of pyridine rings is 1. The number of nitro benzene ring substituents is 1. The minimum absolute atomic E-state index is 0.134. The van der Waals surface area contributed by atoms with E-state index >= 15 is 0 Å². The van der Waals surface area contributed by atoms with Gasteiger partial charge in [0, 0.05) is 28.6 Å². The first-order valence-corrected chi connectivity index (χ1v) is 15.3. The minimum atomic E-state index is -0.778. The van der Waals surface area contributed by atoms with Gasteiger partial charge in [0.05, 0.1) is 44.2 Å². The third-order valence-corrected chi connectivity index (χ3v) is 10.1. The fourth-order valence-corrected chi connectivity index (χ4v) is 7.80. The lowest BCUT2D eigenvalue weighted by atomic mass is 9.63. The predicted octanol–water partition coefficient (Wildman–Crippen LogP) is 6.06. The zero-order valence-electron chi connectivity index (χ0n) is 24.0. The second kappa shape index (κ2) is 10.4. The van der Waals surface area contributed by atoms with Crippen LogP contribution >= 0.6 is 11.6 Å². The number of amides is 2. The van der Waals surface area contributed by atoms with E-state index in [0.717, 1.165) is 6.42 Å². The highest BCUT2D eigenvalue weighted by Gasteiger charge is 2.67. The van der Waals surface area contributed by atoms with Crippen molar-refractivity contribution in [2.24, 2.45) is 35.5 Å². The van der Waals surface area contributed by atoms with Crippen LogP contribution in [0.4, 0.5) is 11.4 Å². The number of ketones is 1. The maximum Gasteiger partial charge on any atom is 0.339 e. The van der Waals surface area contributed by atoms with Crippen LogP contribution in [0.1, 0.15) is 27.1 Å². The second-order valence-electron chi connectivity index (χ2n) is 12.2. The van der Waals surface area contributed by atoms with Crippen molar-refractivity contribution in [2.75, 3.05) is 11.5 Å². The highest BCUT2D eigenvalue weighted by molar-refractivity contribution is 6.35. The zero-order chi connectivity index (χ0) is 31.9. The van der Waals surface area contributed by atoms with Gasteiger partial charge < -0.3 is 4.74 Å². The Morgan fingerprint density at radius 2 is 1.59 bits per heavy atom. The van der Waals surface area contributed by atoms with Gasteiger partial charge >= 0.3 is 5.97 Å². The molecule has 1 aliphatic heterocycles. The Morgan fingerprint density at radius 1 is 0.935 bits per heavy atom. The van der Waals surface area contributed by atoms with E-state index < -0.39 is 23.3 Å². The molecule has 4 aromatic rings. The molecule has 2 amide bonds. The number of rotatable bonds is 7. The van der Waals surface area contributed by atoms with Gasteiger partial charge in [0.1, 0.15) is 0 Å². The average Bonchev–Trinajstić information content (AvgIpc) is 3.85. The van der Waals surface area contributed by atoms with Crippen LogP contribution in [0.15, 0.2) is 84.9 Å². The first-order valence-electron chi connectivity index (χ1n) is 14.9. The van der Waals surface area contributed by atoms with E-state index in [-0.39, 0.29) is 52.3 Å². The summed E-state index contributed by atoms with van der Waals surface area (Å²) in [6.07, 6.45) is 5.38. The third kappa shape index (κ3) is 4.35. The molecule has 0 N–H and O–H groups in total. The van der Waals surface area contributed by atoms with Crippen molar-refractivity contribution >= 4 is 57.4 Å². The summed E-state index contributed by atoms with van der Waals surface area (Å²) in [5.41, 5.74) is 2.00. The SMILES string of the molecule is O=C(COC(=O)c1cc(-c2ccc(N3C(=O)C4C5C=CC(C6CC56)C4C3=O)cc2)nc2c(Cl)cccc12)c1ccc([N+](=O)[O-])cc1. The van der Waals surface area contributed by atoms with E-state index in [1.54, 1.807) is 48.5 Å². The number of ether oxygens (including phenoxy) is 1.